The smallest absolute Gasteiger partial charge is 0.410 e. The van der Waals surface area contributed by atoms with Crippen molar-refractivity contribution in [1.29, 1.82) is 0 Å². The number of piperazine rings is 1. The summed E-state index contributed by atoms with van der Waals surface area (Å²) in [5.74, 6) is -0.657. The number of ether oxygens (including phenoxy) is 3. The number of nitrogens with zero attached hydrogens (tertiary/aromatic N) is 2. The van der Waals surface area contributed by atoms with Crippen molar-refractivity contribution in [2.45, 2.75) is 31.8 Å². The summed E-state index contributed by atoms with van der Waals surface area (Å²) in [6.45, 7) is 3.14. The van der Waals surface area contributed by atoms with E-state index in [9.17, 15) is 14.4 Å². The number of carbonyl (C=O) groups is 3. The third-order valence-electron chi connectivity index (χ3n) is 6.11. The number of amides is 2. The number of likely N-dealkylation sites (tertiary alicyclic amines) is 1. The second kappa shape index (κ2) is 12.7. The average Bonchev–Trinajstić information content (AvgIpc) is 3.36. The van der Waals surface area contributed by atoms with Crippen molar-refractivity contribution >= 4 is 18.0 Å². The fraction of sp³-hybridized carbons (Fsp3) is 0.370. The molecule has 2 aliphatic heterocycles. The van der Waals surface area contributed by atoms with Crippen LogP contribution in [0.15, 0.2) is 73.0 Å². The van der Waals surface area contributed by atoms with Gasteiger partial charge in [-0.2, -0.15) is 0 Å². The number of hydrogen-bond donors (Lipinski definition) is 1. The Bertz CT molecular complexity index is 976. The van der Waals surface area contributed by atoms with Crippen molar-refractivity contribution in [3.63, 3.8) is 0 Å². The predicted octanol–water partition coefficient (Wildman–Crippen LogP) is 2.47. The van der Waals surface area contributed by atoms with Crippen molar-refractivity contribution in [1.82, 2.24) is 15.1 Å². The molecule has 0 spiro atoms. The molecule has 0 unspecified atom stereocenters. The SMILES string of the molecule is O=C(OCc1ccccc1)[C@@H]1C[C@H](O/C=C/C(=O)N2CCNCC2)CN1C(=O)OCc1ccccc1. The zero-order chi connectivity index (χ0) is 25.2. The Morgan fingerprint density at radius 2 is 1.50 bits per heavy atom. The first-order chi connectivity index (χ1) is 17.6. The van der Waals surface area contributed by atoms with E-state index in [0.717, 1.165) is 24.2 Å². The van der Waals surface area contributed by atoms with E-state index in [-0.39, 0.29) is 32.1 Å². The van der Waals surface area contributed by atoms with Gasteiger partial charge in [-0.15, -0.1) is 0 Å². The van der Waals surface area contributed by atoms with Gasteiger partial charge in [0.1, 0.15) is 25.4 Å². The van der Waals surface area contributed by atoms with Gasteiger partial charge in [-0.1, -0.05) is 60.7 Å². The number of nitrogens with one attached hydrogen (secondary N) is 1. The van der Waals surface area contributed by atoms with Crippen molar-refractivity contribution in [3.8, 4) is 0 Å². The summed E-state index contributed by atoms with van der Waals surface area (Å²) in [5.41, 5.74) is 1.69. The van der Waals surface area contributed by atoms with E-state index in [4.69, 9.17) is 14.2 Å². The molecule has 2 aliphatic rings. The Labute approximate surface area is 210 Å². The molecular weight excluding hydrogens is 462 g/mol. The van der Waals surface area contributed by atoms with E-state index in [1.807, 2.05) is 60.7 Å². The number of rotatable bonds is 8. The summed E-state index contributed by atoms with van der Waals surface area (Å²) in [4.78, 5) is 41.2. The highest BCUT2D eigenvalue weighted by atomic mass is 16.6. The van der Waals surface area contributed by atoms with Crippen LogP contribution in [-0.2, 0) is 37.0 Å². The van der Waals surface area contributed by atoms with Gasteiger partial charge in [0, 0.05) is 38.7 Å². The molecule has 4 rings (SSSR count). The lowest BCUT2D eigenvalue weighted by molar-refractivity contribution is -0.150. The average molecular weight is 494 g/mol. The molecule has 2 heterocycles. The Hall–Kier alpha value is -3.85. The molecular formula is C27H31N3O6. The highest BCUT2D eigenvalue weighted by molar-refractivity contribution is 5.87. The normalized spacial score (nSPS) is 19.8. The quantitative estimate of drug-likeness (QED) is 0.343. The Balaban J connectivity index is 1.36. The Morgan fingerprint density at radius 3 is 2.14 bits per heavy atom. The molecule has 9 heteroatoms. The van der Waals surface area contributed by atoms with Crippen molar-refractivity contribution in [3.05, 3.63) is 84.1 Å². The van der Waals surface area contributed by atoms with E-state index in [0.29, 0.717) is 13.1 Å². The molecule has 36 heavy (non-hydrogen) atoms. The maximum atomic E-state index is 12.9. The molecule has 0 aromatic heterocycles. The molecule has 1 N–H and O–H groups in total. The second-order valence-electron chi connectivity index (χ2n) is 8.67. The fourth-order valence-corrected chi connectivity index (χ4v) is 4.15. The van der Waals surface area contributed by atoms with Gasteiger partial charge in [0.05, 0.1) is 12.8 Å². The maximum absolute atomic E-state index is 12.9. The van der Waals surface area contributed by atoms with Gasteiger partial charge in [-0.05, 0) is 11.1 Å². The van der Waals surface area contributed by atoms with Gasteiger partial charge in [-0.25, -0.2) is 9.59 Å². The lowest BCUT2D eigenvalue weighted by atomic mass is 10.2. The molecule has 0 bridgehead atoms. The van der Waals surface area contributed by atoms with Crippen LogP contribution in [0.25, 0.3) is 0 Å². The predicted molar refractivity (Wildman–Crippen MR) is 131 cm³/mol. The molecule has 2 atom stereocenters. The van der Waals surface area contributed by atoms with Gasteiger partial charge >= 0.3 is 12.1 Å². The maximum Gasteiger partial charge on any atom is 0.410 e. The first-order valence-corrected chi connectivity index (χ1v) is 12.1. The summed E-state index contributed by atoms with van der Waals surface area (Å²) >= 11 is 0. The molecule has 2 aromatic rings. The van der Waals surface area contributed by atoms with E-state index < -0.39 is 24.2 Å². The minimum absolute atomic E-state index is 0.0899. The summed E-state index contributed by atoms with van der Waals surface area (Å²) < 4.78 is 16.7. The summed E-state index contributed by atoms with van der Waals surface area (Å²) in [5, 5.41) is 3.20. The first kappa shape index (κ1) is 25.2. The van der Waals surface area contributed by atoms with Crippen LogP contribution in [0.4, 0.5) is 4.79 Å². The van der Waals surface area contributed by atoms with Gasteiger partial charge in [0.25, 0.3) is 0 Å². The largest absolute Gasteiger partial charge is 0.496 e. The van der Waals surface area contributed by atoms with Crippen molar-refractivity contribution < 1.29 is 28.6 Å². The van der Waals surface area contributed by atoms with Crippen LogP contribution >= 0.6 is 0 Å². The number of esters is 1. The van der Waals surface area contributed by atoms with Crippen molar-refractivity contribution in [2.75, 3.05) is 32.7 Å². The zero-order valence-electron chi connectivity index (χ0n) is 20.1. The second-order valence-corrected chi connectivity index (χ2v) is 8.67. The van der Waals surface area contributed by atoms with E-state index in [2.05, 4.69) is 5.32 Å². The molecule has 190 valence electrons. The molecule has 2 aromatic carbocycles. The van der Waals surface area contributed by atoms with Crippen LogP contribution in [0.1, 0.15) is 17.5 Å². The monoisotopic (exact) mass is 493 g/mol. The minimum atomic E-state index is -0.848. The number of benzene rings is 2. The zero-order valence-corrected chi connectivity index (χ0v) is 20.1. The van der Waals surface area contributed by atoms with E-state index >= 15 is 0 Å². The highest BCUT2D eigenvalue weighted by Gasteiger charge is 2.42. The molecule has 0 saturated carbocycles. The van der Waals surface area contributed by atoms with Crippen molar-refractivity contribution in [2.24, 2.45) is 0 Å². The van der Waals surface area contributed by atoms with E-state index in [1.165, 1.54) is 17.2 Å². The molecule has 2 saturated heterocycles. The standard InChI is InChI=1S/C27H31N3O6/c31-25(29-14-12-28-13-15-29)11-16-34-23-17-24(26(32)35-19-21-7-3-1-4-8-21)30(18-23)27(33)36-20-22-9-5-2-6-10-22/h1-11,16,23-24,28H,12-15,17-20H2/b16-11+/t23-,24-/m0/s1. The lowest BCUT2D eigenvalue weighted by Crippen LogP contribution is -2.45. The number of carbonyl (C=O) groups excluding carboxylic acids is 3. The third kappa shape index (κ3) is 7.08. The van der Waals surface area contributed by atoms with Crippen LogP contribution in [0.5, 0.6) is 0 Å². The van der Waals surface area contributed by atoms with Crippen LogP contribution in [0, 0.1) is 0 Å². The van der Waals surface area contributed by atoms with Crippen LogP contribution in [0.2, 0.25) is 0 Å². The van der Waals surface area contributed by atoms with Gasteiger partial charge in [0.2, 0.25) is 5.91 Å². The molecule has 9 nitrogen and oxygen atoms in total. The molecule has 0 radical (unpaired) electrons. The third-order valence-corrected chi connectivity index (χ3v) is 6.11. The molecule has 0 aliphatic carbocycles. The Morgan fingerprint density at radius 1 is 0.889 bits per heavy atom. The Kier molecular flexibility index (Phi) is 8.93. The van der Waals surface area contributed by atoms with Gasteiger partial charge < -0.3 is 24.4 Å². The summed E-state index contributed by atoms with van der Waals surface area (Å²) in [6, 6.07) is 17.8. The molecule has 2 amide bonds. The minimum Gasteiger partial charge on any atom is -0.496 e. The van der Waals surface area contributed by atoms with Crippen LogP contribution in [0.3, 0.4) is 0 Å². The van der Waals surface area contributed by atoms with Crippen LogP contribution < -0.4 is 5.32 Å². The summed E-state index contributed by atoms with van der Waals surface area (Å²) in [6.07, 6.45) is 1.87. The lowest BCUT2D eigenvalue weighted by Gasteiger charge is -2.26. The number of hydrogen-bond acceptors (Lipinski definition) is 7. The summed E-state index contributed by atoms with van der Waals surface area (Å²) in [7, 11) is 0. The fourth-order valence-electron chi connectivity index (χ4n) is 4.15. The van der Waals surface area contributed by atoms with E-state index in [1.54, 1.807) is 4.90 Å². The van der Waals surface area contributed by atoms with Gasteiger partial charge in [0.15, 0.2) is 0 Å². The molecule has 2 fully saturated rings. The highest BCUT2D eigenvalue weighted by Crippen LogP contribution is 2.24. The van der Waals surface area contributed by atoms with Crippen LogP contribution in [-0.4, -0.2) is 72.6 Å². The topological polar surface area (TPSA) is 97.4 Å². The van der Waals surface area contributed by atoms with Gasteiger partial charge in [-0.3, -0.25) is 9.69 Å². The first-order valence-electron chi connectivity index (χ1n) is 12.1.